The van der Waals surface area contributed by atoms with E-state index in [0.717, 1.165) is 12.0 Å². The summed E-state index contributed by atoms with van der Waals surface area (Å²) in [6.07, 6.45) is 0.408. The van der Waals surface area contributed by atoms with Gasteiger partial charge in [0.25, 0.3) is 0 Å². The molecule has 0 bridgehead atoms. The van der Waals surface area contributed by atoms with Gasteiger partial charge >= 0.3 is 6.09 Å². The Balaban J connectivity index is 1.63. The van der Waals surface area contributed by atoms with Crippen LogP contribution in [0.15, 0.2) is 48.5 Å². The predicted molar refractivity (Wildman–Crippen MR) is 120 cm³/mol. The molecule has 1 atom stereocenters. The molecular weight excluding hydrogens is 404 g/mol. The van der Waals surface area contributed by atoms with Gasteiger partial charge in [-0.05, 0) is 42.8 Å². The van der Waals surface area contributed by atoms with Gasteiger partial charge in [0.2, 0.25) is 5.91 Å². The van der Waals surface area contributed by atoms with Gasteiger partial charge in [0.05, 0.1) is 19.1 Å². The van der Waals surface area contributed by atoms with E-state index in [9.17, 15) is 9.59 Å². The zero-order valence-electron chi connectivity index (χ0n) is 17.3. The van der Waals surface area contributed by atoms with Crippen LogP contribution in [0.2, 0.25) is 5.02 Å². The van der Waals surface area contributed by atoms with Crippen molar-refractivity contribution in [2.75, 3.05) is 25.5 Å². The lowest BCUT2D eigenvalue weighted by molar-refractivity contribution is -0.121. The molecule has 0 heterocycles. The molecule has 0 saturated carbocycles. The molecule has 0 aliphatic rings. The number of carbonyl (C=O) groups excluding carboxylic acids is 2. The van der Waals surface area contributed by atoms with Gasteiger partial charge in [-0.1, -0.05) is 48.9 Å². The van der Waals surface area contributed by atoms with Gasteiger partial charge in [-0.25, -0.2) is 4.79 Å². The number of rotatable bonds is 11. The second kappa shape index (κ2) is 12.8. The summed E-state index contributed by atoms with van der Waals surface area (Å²) < 4.78 is 5.09. The monoisotopic (exact) mass is 432 g/mol. The van der Waals surface area contributed by atoms with E-state index in [-0.39, 0.29) is 31.6 Å². The average Bonchev–Trinajstić information content (AvgIpc) is 2.75. The van der Waals surface area contributed by atoms with E-state index < -0.39 is 6.09 Å². The Kier molecular flexibility index (Phi) is 10.1. The fourth-order valence-corrected chi connectivity index (χ4v) is 2.92. The number of benzene rings is 2. The molecule has 162 valence electrons. The molecule has 0 saturated heterocycles. The molecule has 7 nitrogen and oxygen atoms in total. The summed E-state index contributed by atoms with van der Waals surface area (Å²) in [5.74, 6) is -0.153. The minimum atomic E-state index is -0.553. The van der Waals surface area contributed by atoms with Crippen LogP contribution in [0, 0.1) is 0 Å². The van der Waals surface area contributed by atoms with Crippen LogP contribution in [0.5, 0.6) is 0 Å². The number of aryl methyl sites for hydroxylation is 1. The third-order valence-electron chi connectivity index (χ3n) is 4.50. The minimum absolute atomic E-state index is 0.0852. The topological polar surface area (TPSA) is 91.5 Å². The molecular formula is C22H29ClN4O3. The van der Waals surface area contributed by atoms with Crippen molar-refractivity contribution in [2.45, 2.75) is 32.5 Å². The lowest BCUT2D eigenvalue weighted by Crippen LogP contribution is -2.44. The summed E-state index contributed by atoms with van der Waals surface area (Å²) in [6.45, 7) is 2.93. The van der Waals surface area contributed by atoms with Crippen molar-refractivity contribution >= 4 is 29.3 Å². The summed E-state index contributed by atoms with van der Waals surface area (Å²) in [5, 5.41) is 12.4. The van der Waals surface area contributed by atoms with Gasteiger partial charge in [0.1, 0.15) is 6.61 Å². The zero-order valence-corrected chi connectivity index (χ0v) is 18.1. The lowest BCUT2D eigenvalue weighted by Gasteiger charge is -2.18. The van der Waals surface area contributed by atoms with E-state index in [2.05, 4.69) is 28.2 Å². The van der Waals surface area contributed by atoms with Crippen LogP contribution < -0.4 is 21.3 Å². The third kappa shape index (κ3) is 8.41. The maximum atomic E-state index is 12.1. The van der Waals surface area contributed by atoms with Crippen molar-refractivity contribution in [3.05, 3.63) is 64.7 Å². The molecule has 2 aromatic carbocycles. The molecule has 2 rings (SSSR count). The minimum Gasteiger partial charge on any atom is -0.447 e. The Labute approximate surface area is 182 Å². The van der Waals surface area contributed by atoms with Gasteiger partial charge in [0, 0.05) is 17.3 Å². The highest BCUT2D eigenvalue weighted by atomic mass is 35.5. The van der Waals surface area contributed by atoms with Gasteiger partial charge in [-0.2, -0.15) is 0 Å². The van der Waals surface area contributed by atoms with Crippen LogP contribution in [-0.2, 0) is 22.5 Å². The smallest absolute Gasteiger partial charge is 0.411 e. The standard InChI is InChI=1S/C22H29ClN4O3/c1-3-16-8-10-18(11-9-16)27-22(29)30-13-12-25-21(28)14-20(24-2)26-15-17-6-4-5-7-19(17)23/h4-11,20,24,26H,3,12-15H2,1-2H3,(H,25,28)(H,27,29). The normalized spacial score (nSPS) is 11.6. The molecule has 0 radical (unpaired) electrons. The maximum Gasteiger partial charge on any atom is 0.411 e. The van der Waals surface area contributed by atoms with Gasteiger partial charge < -0.3 is 15.4 Å². The van der Waals surface area contributed by atoms with E-state index in [4.69, 9.17) is 16.3 Å². The van der Waals surface area contributed by atoms with Crippen LogP contribution in [0.4, 0.5) is 10.5 Å². The van der Waals surface area contributed by atoms with Crippen LogP contribution >= 0.6 is 11.6 Å². The van der Waals surface area contributed by atoms with Gasteiger partial charge in [-0.15, -0.1) is 0 Å². The summed E-state index contributed by atoms with van der Waals surface area (Å²) in [7, 11) is 1.78. The molecule has 2 amide bonds. The summed E-state index contributed by atoms with van der Waals surface area (Å²) in [5.41, 5.74) is 2.82. The quantitative estimate of drug-likeness (QED) is 0.323. The molecule has 0 aromatic heterocycles. The molecule has 2 aromatic rings. The van der Waals surface area contributed by atoms with E-state index in [1.54, 1.807) is 7.05 Å². The van der Waals surface area contributed by atoms with Crippen LogP contribution in [0.3, 0.4) is 0 Å². The number of amides is 2. The molecule has 4 N–H and O–H groups in total. The highest BCUT2D eigenvalue weighted by molar-refractivity contribution is 6.31. The highest BCUT2D eigenvalue weighted by Crippen LogP contribution is 2.14. The van der Waals surface area contributed by atoms with Crippen LogP contribution in [0.25, 0.3) is 0 Å². The number of anilines is 1. The number of carbonyl (C=O) groups is 2. The van der Waals surface area contributed by atoms with E-state index >= 15 is 0 Å². The fraction of sp³-hybridized carbons (Fsp3) is 0.364. The molecule has 0 aliphatic carbocycles. The Morgan fingerprint density at radius 3 is 2.50 bits per heavy atom. The predicted octanol–water partition coefficient (Wildman–Crippen LogP) is 3.29. The Morgan fingerprint density at radius 2 is 1.83 bits per heavy atom. The molecule has 0 spiro atoms. The van der Waals surface area contributed by atoms with Gasteiger partial charge in [-0.3, -0.25) is 15.4 Å². The second-order valence-corrected chi connectivity index (χ2v) is 7.09. The van der Waals surface area contributed by atoms with E-state index in [1.165, 1.54) is 5.56 Å². The number of ether oxygens (including phenoxy) is 1. The van der Waals surface area contributed by atoms with E-state index in [1.807, 2.05) is 48.5 Å². The molecule has 8 heteroatoms. The molecule has 0 fully saturated rings. The summed E-state index contributed by atoms with van der Waals surface area (Å²) >= 11 is 6.15. The van der Waals surface area contributed by atoms with Crippen molar-refractivity contribution in [1.29, 1.82) is 0 Å². The number of nitrogens with one attached hydrogen (secondary N) is 4. The fourth-order valence-electron chi connectivity index (χ4n) is 2.72. The number of halogens is 1. The Hall–Kier alpha value is -2.61. The molecule has 0 aliphatic heterocycles. The van der Waals surface area contributed by atoms with Crippen molar-refractivity contribution in [2.24, 2.45) is 0 Å². The first-order chi connectivity index (χ1) is 14.5. The largest absolute Gasteiger partial charge is 0.447 e. The Morgan fingerprint density at radius 1 is 1.10 bits per heavy atom. The maximum absolute atomic E-state index is 12.1. The SMILES string of the molecule is CCc1ccc(NC(=O)OCCNC(=O)CC(NC)NCc2ccccc2Cl)cc1. The summed E-state index contributed by atoms with van der Waals surface area (Å²) in [4.78, 5) is 23.9. The lowest BCUT2D eigenvalue weighted by atomic mass is 10.1. The first-order valence-electron chi connectivity index (χ1n) is 9.95. The number of hydrogen-bond acceptors (Lipinski definition) is 5. The van der Waals surface area contributed by atoms with Crippen molar-refractivity contribution in [1.82, 2.24) is 16.0 Å². The zero-order chi connectivity index (χ0) is 21.8. The molecule has 30 heavy (non-hydrogen) atoms. The second-order valence-electron chi connectivity index (χ2n) is 6.68. The van der Waals surface area contributed by atoms with E-state index in [0.29, 0.717) is 17.3 Å². The molecule has 1 unspecified atom stereocenters. The van der Waals surface area contributed by atoms with Gasteiger partial charge in [0.15, 0.2) is 0 Å². The van der Waals surface area contributed by atoms with Crippen molar-refractivity contribution in [3.63, 3.8) is 0 Å². The average molecular weight is 433 g/mol. The van der Waals surface area contributed by atoms with Crippen LogP contribution in [-0.4, -0.2) is 38.4 Å². The summed E-state index contributed by atoms with van der Waals surface area (Å²) in [6, 6.07) is 15.1. The van der Waals surface area contributed by atoms with Crippen molar-refractivity contribution in [3.8, 4) is 0 Å². The third-order valence-corrected chi connectivity index (χ3v) is 4.87. The number of hydrogen-bond donors (Lipinski definition) is 4. The first-order valence-corrected chi connectivity index (χ1v) is 10.3. The van der Waals surface area contributed by atoms with Crippen LogP contribution in [0.1, 0.15) is 24.5 Å². The first kappa shape index (κ1) is 23.7. The highest BCUT2D eigenvalue weighted by Gasteiger charge is 2.12. The Bertz CT molecular complexity index is 814. The van der Waals surface area contributed by atoms with Crippen molar-refractivity contribution < 1.29 is 14.3 Å².